The Morgan fingerprint density at radius 3 is 2.35 bits per heavy atom. The van der Waals surface area contributed by atoms with E-state index in [0.29, 0.717) is 5.75 Å². The van der Waals surface area contributed by atoms with Crippen molar-refractivity contribution in [1.29, 1.82) is 0 Å². The summed E-state index contributed by atoms with van der Waals surface area (Å²) in [6.45, 7) is 0.0807. The second-order valence-corrected chi connectivity index (χ2v) is 4.02. The quantitative estimate of drug-likeness (QED) is 0.756. The largest absolute Gasteiger partial charge is 0.415 e. The van der Waals surface area contributed by atoms with Crippen molar-refractivity contribution in [1.82, 2.24) is 4.90 Å². The van der Waals surface area contributed by atoms with Crippen LogP contribution in [0.4, 0.5) is 13.6 Å². The average Bonchev–Trinajstić information content (AvgIpc) is 2.30. The molecule has 5 heteroatoms. The monoisotopic (exact) mass is 241 g/mol. The van der Waals surface area contributed by atoms with Crippen LogP contribution in [-0.2, 0) is 0 Å². The zero-order valence-electron chi connectivity index (χ0n) is 9.23. The summed E-state index contributed by atoms with van der Waals surface area (Å²) in [5.41, 5.74) is 0. The Balaban J connectivity index is 1.90. The van der Waals surface area contributed by atoms with Crippen LogP contribution < -0.4 is 4.74 Å². The zero-order chi connectivity index (χ0) is 12.3. The lowest BCUT2D eigenvalue weighted by atomic mass is 10.1. The molecule has 0 saturated carbocycles. The van der Waals surface area contributed by atoms with Crippen LogP contribution in [0.1, 0.15) is 12.8 Å². The normalized spacial score (nSPS) is 18.8. The molecule has 1 heterocycles. The number of ether oxygens (including phenoxy) is 1. The third kappa shape index (κ3) is 3.15. The van der Waals surface area contributed by atoms with Crippen LogP contribution in [0.25, 0.3) is 0 Å². The molecule has 1 aromatic rings. The highest BCUT2D eigenvalue weighted by molar-refractivity contribution is 5.70. The SMILES string of the molecule is O=C(Oc1ccccc1)N1CCC(F)(F)CC1. The van der Waals surface area contributed by atoms with Gasteiger partial charge in [-0.1, -0.05) is 18.2 Å². The lowest BCUT2D eigenvalue weighted by Crippen LogP contribution is -2.43. The maximum atomic E-state index is 12.9. The fraction of sp³-hybridized carbons (Fsp3) is 0.417. The van der Waals surface area contributed by atoms with E-state index in [1.54, 1.807) is 30.3 Å². The summed E-state index contributed by atoms with van der Waals surface area (Å²) in [7, 11) is 0. The third-order valence-electron chi connectivity index (χ3n) is 2.70. The van der Waals surface area contributed by atoms with Crippen LogP contribution in [0.3, 0.4) is 0 Å². The molecular weight excluding hydrogens is 228 g/mol. The van der Waals surface area contributed by atoms with Gasteiger partial charge < -0.3 is 9.64 Å². The lowest BCUT2D eigenvalue weighted by molar-refractivity contribution is -0.0496. The van der Waals surface area contributed by atoms with Gasteiger partial charge in [-0.15, -0.1) is 0 Å². The molecule has 0 radical (unpaired) electrons. The van der Waals surface area contributed by atoms with E-state index in [1.807, 2.05) is 0 Å². The number of nitrogens with zero attached hydrogens (tertiary/aromatic N) is 1. The van der Waals surface area contributed by atoms with Crippen molar-refractivity contribution >= 4 is 6.09 Å². The van der Waals surface area contributed by atoms with Crippen LogP contribution in [0.2, 0.25) is 0 Å². The van der Waals surface area contributed by atoms with Gasteiger partial charge in [0.05, 0.1) is 0 Å². The van der Waals surface area contributed by atoms with Gasteiger partial charge in [0.15, 0.2) is 0 Å². The number of hydrogen-bond donors (Lipinski definition) is 0. The maximum absolute atomic E-state index is 12.9. The summed E-state index contributed by atoms with van der Waals surface area (Å²) in [4.78, 5) is 12.9. The predicted octanol–water partition coefficient (Wildman–Crippen LogP) is 2.92. The smallest absolute Gasteiger partial charge is 0.410 e. The van der Waals surface area contributed by atoms with Crippen molar-refractivity contribution < 1.29 is 18.3 Å². The van der Waals surface area contributed by atoms with Gasteiger partial charge in [0.1, 0.15) is 5.75 Å². The Labute approximate surface area is 98.0 Å². The molecule has 0 spiro atoms. The van der Waals surface area contributed by atoms with Gasteiger partial charge in [-0.25, -0.2) is 13.6 Å². The van der Waals surface area contributed by atoms with Gasteiger partial charge in [0, 0.05) is 25.9 Å². The van der Waals surface area contributed by atoms with Crippen LogP contribution in [0.5, 0.6) is 5.75 Å². The molecule has 2 rings (SSSR count). The molecule has 0 unspecified atom stereocenters. The Morgan fingerprint density at radius 1 is 1.18 bits per heavy atom. The van der Waals surface area contributed by atoms with Gasteiger partial charge in [0.25, 0.3) is 5.92 Å². The van der Waals surface area contributed by atoms with Crippen LogP contribution in [0.15, 0.2) is 30.3 Å². The Kier molecular flexibility index (Phi) is 3.26. The first kappa shape index (κ1) is 11.8. The van der Waals surface area contributed by atoms with Crippen molar-refractivity contribution in [3.05, 3.63) is 30.3 Å². The number of carbonyl (C=O) groups is 1. The Morgan fingerprint density at radius 2 is 1.76 bits per heavy atom. The first-order valence-corrected chi connectivity index (χ1v) is 5.46. The molecule has 3 nitrogen and oxygen atoms in total. The van der Waals surface area contributed by atoms with Crippen LogP contribution >= 0.6 is 0 Å². The number of hydrogen-bond acceptors (Lipinski definition) is 2. The molecule has 0 atom stereocenters. The summed E-state index contributed by atoms with van der Waals surface area (Å²) < 4.78 is 30.8. The number of benzene rings is 1. The van der Waals surface area contributed by atoms with E-state index in [-0.39, 0.29) is 25.9 Å². The molecule has 17 heavy (non-hydrogen) atoms. The molecule has 1 aromatic carbocycles. The molecule has 0 aromatic heterocycles. The predicted molar refractivity (Wildman–Crippen MR) is 58.2 cm³/mol. The lowest BCUT2D eigenvalue weighted by Gasteiger charge is -2.30. The minimum Gasteiger partial charge on any atom is -0.410 e. The first-order valence-electron chi connectivity index (χ1n) is 5.46. The second-order valence-electron chi connectivity index (χ2n) is 4.02. The Bertz CT molecular complexity index is 385. The van der Waals surface area contributed by atoms with Gasteiger partial charge in [-0.05, 0) is 12.1 Å². The molecule has 0 bridgehead atoms. The number of likely N-dealkylation sites (tertiary alicyclic amines) is 1. The number of alkyl halides is 2. The number of amides is 1. The van der Waals surface area contributed by atoms with Gasteiger partial charge in [0.2, 0.25) is 0 Å². The molecule has 1 fully saturated rings. The van der Waals surface area contributed by atoms with Gasteiger partial charge in [-0.2, -0.15) is 0 Å². The van der Waals surface area contributed by atoms with Crippen molar-refractivity contribution in [2.45, 2.75) is 18.8 Å². The molecular formula is C12H13F2NO2. The summed E-state index contributed by atoms with van der Waals surface area (Å²) in [6.07, 6.45) is -1.15. The molecule has 0 N–H and O–H groups in total. The van der Waals surface area contributed by atoms with E-state index >= 15 is 0 Å². The molecule has 0 aliphatic carbocycles. The van der Waals surface area contributed by atoms with E-state index < -0.39 is 12.0 Å². The fourth-order valence-corrected chi connectivity index (χ4v) is 1.67. The minimum atomic E-state index is -2.65. The van der Waals surface area contributed by atoms with E-state index in [9.17, 15) is 13.6 Å². The summed E-state index contributed by atoms with van der Waals surface area (Å²) in [5, 5.41) is 0. The highest BCUT2D eigenvalue weighted by Crippen LogP contribution is 2.28. The van der Waals surface area contributed by atoms with Gasteiger partial charge >= 0.3 is 6.09 Å². The van der Waals surface area contributed by atoms with Crippen LogP contribution in [0, 0.1) is 0 Å². The topological polar surface area (TPSA) is 29.5 Å². The number of rotatable bonds is 1. The van der Waals surface area contributed by atoms with E-state index in [1.165, 1.54) is 4.90 Å². The highest BCUT2D eigenvalue weighted by Gasteiger charge is 2.36. The van der Waals surface area contributed by atoms with Crippen molar-refractivity contribution in [2.24, 2.45) is 0 Å². The maximum Gasteiger partial charge on any atom is 0.415 e. The van der Waals surface area contributed by atoms with E-state index in [2.05, 4.69) is 0 Å². The third-order valence-corrected chi connectivity index (χ3v) is 2.70. The molecule has 1 saturated heterocycles. The molecule has 92 valence electrons. The Hall–Kier alpha value is -1.65. The summed E-state index contributed by atoms with van der Waals surface area (Å²) in [5.74, 6) is -2.22. The van der Waals surface area contributed by atoms with E-state index in [0.717, 1.165) is 0 Å². The molecule has 1 amide bonds. The first-order chi connectivity index (χ1) is 8.07. The van der Waals surface area contributed by atoms with E-state index in [4.69, 9.17) is 4.74 Å². The number of para-hydroxylation sites is 1. The van der Waals surface area contributed by atoms with Gasteiger partial charge in [-0.3, -0.25) is 0 Å². The minimum absolute atomic E-state index is 0.0403. The van der Waals surface area contributed by atoms with Crippen molar-refractivity contribution in [2.75, 3.05) is 13.1 Å². The summed E-state index contributed by atoms with van der Waals surface area (Å²) >= 11 is 0. The standard InChI is InChI=1S/C12H13F2NO2/c13-12(14)6-8-15(9-7-12)11(16)17-10-4-2-1-3-5-10/h1-5H,6-9H2. The average molecular weight is 241 g/mol. The zero-order valence-corrected chi connectivity index (χ0v) is 9.23. The fourth-order valence-electron chi connectivity index (χ4n) is 1.67. The van der Waals surface area contributed by atoms with Crippen molar-refractivity contribution in [3.63, 3.8) is 0 Å². The number of piperidine rings is 1. The number of carbonyl (C=O) groups excluding carboxylic acids is 1. The highest BCUT2D eigenvalue weighted by atomic mass is 19.3. The van der Waals surface area contributed by atoms with Crippen LogP contribution in [-0.4, -0.2) is 30.0 Å². The summed E-state index contributed by atoms with van der Waals surface area (Å²) in [6, 6.07) is 8.59. The molecule has 1 aliphatic rings. The molecule has 1 aliphatic heterocycles. The van der Waals surface area contributed by atoms with Crippen molar-refractivity contribution in [3.8, 4) is 5.75 Å². The second kappa shape index (κ2) is 4.69. The number of halogens is 2.